The number of non-ortho nitro benzene ring substituents is 1. The largest absolute Gasteiger partial charge is 0.384 e. The van der Waals surface area contributed by atoms with Crippen LogP contribution in [0.25, 0.3) is 0 Å². The Kier molecular flexibility index (Phi) is 5.08. The second kappa shape index (κ2) is 7.25. The smallest absolute Gasteiger partial charge is 0.269 e. The monoisotopic (exact) mass is 271 g/mol. The highest BCUT2D eigenvalue weighted by molar-refractivity contribution is 5.42. The first-order chi connectivity index (χ1) is 9.75. The quantitative estimate of drug-likeness (QED) is 0.461. The molecule has 0 saturated carbocycles. The van der Waals surface area contributed by atoms with Crippen molar-refractivity contribution in [3.05, 3.63) is 70.3 Å². The summed E-state index contributed by atoms with van der Waals surface area (Å²) in [5.74, 6) is 0. The van der Waals surface area contributed by atoms with Crippen molar-refractivity contribution in [1.29, 1.82) is 0 Å². The lowest BCUT2D eigenvalue weighted by Crippen LogP contribution is -2.21. The molecule has 2 aromatic rings. The Morgan fingerprint density at radius 1 is 0.950 bits per heavy atom. The molecule has 0 bridgehead atoms. The molecule has 0 amide bonds. The van der Waals surface area contributed by atoms with E-state index in [1.165, 1.54) is 12.1 Å². The molecule has 104 valence electrons. The standard InChI is InChI=1S/C15H17N3O2/c19-18(20)15-8-6-13(7-9-15)12-16-10-11-17-14-4-2-1-3-5-14/h1-9,16-17H,10-12H2. The maximum Gasteiger partial charge on any atom is 0.269 e. The van der Waals surface area contributed by atoms with Gasteiger partial charge in [0.1, 0.15) is 0 Å². The van der Waals surface area contributed by atoms with Gasteiger partial charge in [-0.05, 0) is 17.7 Å². The molecule has 2 N–H and O–H groups in total. The van der Waals surface area contributed by atoms with Crippen molar-refractivity contribution in [3.63, 3.8) is 0 Å². The molecule has 0 radical (unpaired) electrons. The van der Waals surface area contributed by atoms with Gasteiger partial charge in [0.25, 0.3) is 5.69 Å². The van der Waals surface area contributed by atoms with E-state index in [0.29, 0.717) is 6.54 Å². The van der Waals surface area contributed by atoms with E-state index in [9.17, 15) is 10.1 Å². The van der Waals surface area contributed by atoms with Crippen LogP contribution in [0.1, 0.15) is 5.56 Å². The summed E-state index contributed by atoms with van der Waals surface area (Å²) in [4.78, 5) is 10.1. The molecule has 5 nitrogen and oxygen atoms in total. The Hall–Kier alpha value is -2.40. The number of anilines is 1. The molecule has 5 heteroatoms. The van der Waals surface area contributed by atoms with E-state index >= 15 is 0 Å². The van der Waals surface area contributed by atoms with Gasteiger partial charge < -0.3 is 10.6 Å². The van der Waals surface area contributed by atoms with Crippen LogP contribution in [0.5, 0.6) is 0 Å². The van der Waals surface area contributed by atoms with Crippen LogP contribution in [0.3, 0.4) is 0 Å². The molecule has 0 atom stereocenters. The number of benzene rings is 2. The number of nitrogens with zero attached hydrogens (tertiary/aromatic N) is 1. The molecule has 0 aliphatic heterocycles. The van der Waals surface area contributed by atoms with E-state index in [2.05, 4.69) is 10.6 Å². The number of nitro benzene ring substituents is 1. The van der Waals surface area contributed by atoms with Crippen molar-refractivity contribution in [2.75, 3.05) is 18.4 Å². The fourth-order valence-corrected chi connectivity index (χ4v) is 1.82. The van der Waals surface area contributed by atoms with Gasteiger partial charge in [-0.1, -0.05) is 30.3 Å². The van der Waals surface area contributed by atoms with Gasteiger partial charge in [0.15, 0.2) is 0 Å². The maximum absolute atomic E-state index is 10.5. The second-order valence-corrected chi connectivity index (χ2v) is 4.39. The van der Waals surface area contributed by atoms with Crippen LogP contribution in [0.2, 0.25) is 0 Å². The van der Waals surface area contributed by atoms with Crippen molar-refractivity contribution in [1.82, 2.24) is 5.32 Å². The maximum atomic E-state index is 10.5. The first-order valence-corrected chi connectivity index (χ1v) is 6.49. The average Bonchev–Trinajstić information content (AvgIpc) is 2.48. The van der Waals surface area contributed by atoms with Gasteiger partial charge in [-0.2, -0.15) is 0 Å². The lowest BCUT2D eigenvalue weighted by Gasteiger charge is -2.07. The summed E-state index contributed by atoms with van der Waals surface area (Å²) in [6.07, 6.45) is 0. The van der Waals surface area contributed by atoms with E-state index in [4.69, 9.17) is 0 Å². The zero-order chi connectivity index (χ0) is 14.2. The van der Waals surface area contributed by atoms with Crippen molar-refractivity contribution < 1.29 is 4.92 Å². The van der Waals surface area contributed by atoms with Crippen molar-refractivity contribution in [3.8, 4) is 0 Å². The Morgan fingerprint density at radius 3 is 2.30 bits per heavy atom. The molecule has 0 aromatic heterocycles. The summed E-state index contributed by atoms with van der Waals surface area (Å²) >= 11 is 0. The predicted molar refractivity (Wildman–Crippen MR) is 79.7 cm³/mol. The number of hydrogen-bond donors (Lipinski definition) is 2. The zero-order valence-corrected chi connectivity index (χ0v) is 11.1. The number of nitrogens with one attached hydrogen (secondary N) is 2. The number of rotatable bonds is 7. The van der Waals surface area contributed by atoms with Crippen LogP contribution in [0.15, 0.2) is 54.6 Å². The summed E-state index contributed by atoms with van der Waals surface area (Å²) in [5.41, 5.74) is 2.26. The summed E-state index contributed by atoms with van der Waals surface area (Å²) < 4.78 is 0. The van der Waals surface area contributed by atoms with E-state index in [-0.39, 0.29) is 10.6 Å². The Morgan fingerprint density at radius 2 is 1.65 bits per heavy atom. The van der Waals surface area contributed by atoms with Gasteiger partial charge in [0, 0.05) is 37.5 Å². The molecule has 0 spiro atoms. The minimum Gasteiger partial charge on any atom is -0.384 e. The van der Waals surface area contributed by atoms with Gasteiger partial charge in [0.2, 0.25) is 0 Å². The fourth-order valence-electron chi connectivity index (χ4n) is 1.82. The lowest BCUT2D eigenvalue weighted by atomic mass is 10.2. The molecule has 0 unspecified atom stereocenters. The molecule has 2 rings (SSSR count). The van der Waals surface area contributed by atoms with Gasteiger partial charge in [-0.3, -0.25) is 10.1 Å². The number of nitro groups is 1. The first-order valence-electron chi connectivity index (χ1n) is 6.49. The highest BCUT2D eigenvalue weighted by Crippen LogP contribution is 2.11. The topological polar surface area (TPSA) is 67.2 Å². The molecular weight excluding hydrogens is 254 g/mol. The third kappa shape index (κ3) is 4.37. The summed E-state index contributed by atoms with van der Waals surface area (Å²) in [7, 11) is 0. The molecule has 0 heterocycles. The van der Waals surface area contributed by atoms with Crippen LogP contribution in [0, 0.1) is 10.1 Å². The summed E-state index contributed by atoms with van der Waals surface area (Å²) in [6, 6.07) is 16.6. The molecule has 0 aliphatic rings. The second-order valence-electron chi connectivity index (χ2n) is 4.39. The van der Waals surface area contributed by atoms with Crippen molar-refractivity contribution >= 4 is 11.4 Å². The zero-order valence-electron chi connectivity index (χ0n) is 11.1. The van der Waals surface area contributed by atoms with E-state index < -0.39 is 0 Å². The van der Waals surface area contributed by atoms with E-state index in [1.54, 1.807) is 12.1 Å². The highest BCUT2D eigenvalue weighted by Gasteiger charge is 2.03. The molecule has 0 aliphatic carbocycles. The normalized spacial score (nSPS) is 10.2. The molecule has 0 fully saturated rings. The average molecular weight is 271 g/mol. The summed E-state index contributed by atoms with van der Waals surface area (Å²) in [5, 5.41) is 17.1. The molecule has 0 saturated heterocycles. The SMILES string of the molecule is O=[N+]([O-])c1ccc(CNCCNc2ccccc2)cc1. The summed E-state index contributed by atoms with van der Waals surface area (Å²) in [6.45, 7) is 2.36. The Labute approximate surface area is 117 Å². The van der Waals surface area contributed by atoms with E-state index in [1.807, 2.05) is 30.3 Å². The van der Waals surface area contributed by atoms with Gasteiger partial charge in [-0.15, -0.1) is 0 Å². The molecule has 20 heavy (non-hydrogen) atoms. The molecular formula is C15H17N3O2. The minimum atomic E-state index is -0.388. The third-order valence-electron chi connectivity index (χ3n) is 2.88. The fraction of sp³-hybridized carbons (Fsp3) is 0.200. The third-order valence-corrected chi connectivity index (χ3v) is 2.88. The van der Waals surface area contributed by atoms with Crippen LogP contribution in [0.4, 0.5) is 11.4 Å². The van der Waals surface area contributed by atoms with Gasteiger partial charge >= 0.3 is 0 Å². The van der Waals surface area contributed by atoms with Gasteiger partial charge in [0.05, 0.1) is 4.92 Å². The molecule has 2 aromatic carbocycles. The van der Waals surface area contributed by atoms with Crippen molar-refractivity contribution in [2.24, 2.45) is 0 Å². The number of para-hydroxylation sites is 1. The minimum absolute atomic E-state index is 0.125. The van der Waals surface area contributed by atoms with Crippen LogP contribution in [-0.2, 0) is 6.54 Å². The van der Waals surface area contributed by atoms with Gasteiger partial charge in [-0.25, -0.2) is 0 Å². The van der Waals surface area contributed by atoms with Crippen LogP contribution >= 0.6 is 0 Å². The van der Waals surface area contributed by atoms with Crippen LogP contribution < -0.4 is 10.6 Å². The lowest BCUT2D eigenvalue weighted by molar-refractivity contribution is -0.384. The number of hydrogen-bond acceptors (Lipinski definition) is 4. The first kappa shape index (κ1) is 14.0. The Bertz CT molecular complexity index is 541. The van der Waals surface area contributed by atoms with E-state index in [0.717, 1.165) is 24.3 Å². The Balaban J connectivity index is 1.67. The van der Waals surface area contributed by atoms with Crippen molar-refractivity contribution in [2.45, 2.75) is 6.54 Å². The predicted octanol–water partition coefficient (Wildman–Crippen LogP) is 2.80. The highest BCUT2D eigenvalue weighted by atomic mass is 16.6. The van der Waals surface area contributed by atoms with Crippen LogP contribution in [-0.4, -0.2) is 18.0 Å².